The quantitative estimate of drug-likeness (QED) is 0.721. The molecule has 1 aromatic heterocycles. The number of halogens is 2. The van der Waals surface area contributed by atoms with Gasteiger partial charge in [-0.1, -0.05) is 0 Å². The van der Waals surface area contributed by atoms with Crippen molar-refractivity contribution in [1.82, 2.24) is 4.98 Å². The molecule has 0 saturated heterocycles. The predicted molar refractivity (Wildman–Crippen MR) is 47.8 cm³/mol. The Balaban J connectivity index is 2.61. The third-order valence-corrected chi connectivity index (χ3v) is 1.96. The lowest BCUT2D eigenvalue weighted by Gasteiger charge is -2.03. The van der Waals surface area contributed by atoms with Crippen molar-refractivity contribution < 1.29 is 13.9 Å². The molecule has 0 atom stereocenters. The van der Waals surface area contributed by atoms with E-state index in [2.05, 4.69) is 4.98 Å². The van der Waals surface area contributed by atoms with Gasteiger partial charge < -0.3 is 10.1 Å². The number of nitrogens with one attached hydrogen (secondary N) is 1. The molecule has 2 N–H and O–H groups in total. The molecule has 2 rings (SSSR count). The van der Waals surface area contributed by atoms with Crippen molar-refractivity contribution >= 4 is 0 Å². The van der Waals surface area contributed by atoms with E-state index in [0.717, 1.165) is 6.07 Å². The molecule has 4 heteroatoms. The van der Waals surface area contributed by atoms with Crippen LogP contribution in [-0.4, -0.2) is 10.1 Å². The molecular formula is C10H7F2NO. The fourth-order valence-electron chi connectivity index (χ4n) is 1.25. The van der Waals surface area contributed by atoms with Crippen molar-refractivity contribution in [2.24, 2.45) is 0 Å². The number of phenolic OH excluding ortho intramolecular Hbond substituents is 1. The molecule has 0 aliphatic heterocycles. The van der Waals surface area contributed by atoms with Gasteiger partial charge in [-0.2, -0.15) is 0 Å². The van der Waals surface area contributed by atoms with Crippen LogP contribution in [0, 0.1) is 11.6 Å². The number of aromatic amines is 1. The number of hydrogen-bond donors (Lipinski definition) is 2. The number of aromatic hydroxyl groups is 1. The van der Waals surface area contributed by atoms with Gasteiger partial charge in [-0.3, -0.25) is 0 Å². The van der Waals surface area contributed by atoms with Gasteiger partial charge in [0.1, 0.15) is 0 Å². The summed E-state index contributed by atoms with van der Waals surface area (Å²) in [6.45, 7) is 0. The number of H-pyrrole nitrogens is 1. The molecule has 0 fully saturated rings. The van der Waals surface area contributed by atoms with Crippen LogP contribution in [0.15, 0.2) is 30.5 Å². The number of aromatic nitrogens is 1. The lowest BCUT2D eigenvalue weighted by molar-refractivity contribution is 0.397. The van der Waals surface area contributed by atoms with Gasteiger partial charge in [-0.15, -0.1) is 0 Å². The van der Waals surface area contributed by atoms with Gasteiger partial charge >= 0.3 is 0 Å². The standard InChI is InChI=1S/C10H7F2NO/c11-7-4-3-6(9(12)10(7)14)8-2-1-5-13-8/h1-5,13-14H. The molecule has 0 unspecified atom stereocenters. The summed E-state index contributed by atoms with van der Waals surface area (Å²) < 4.78 is 26.0. The molecule has 0 spiro atoms. The lowest BCUT2D eigenvalue weighted by Crippen LogP contribution is -1.88. The van der Waals surface area contributed by atoms with E-state index in [1.54, 1.807) is 18.3 Å². The van der Waals surface area contributed by atoms with Crippen molar-refractivity contribution in [2.45, 2.75) is 0 Å². The van der Waals surface area contributed by atoms with E-state index in [1.807, 2.05) is 0 Å². The number of hydrogen-bond acceptors (Lipinski definition) is 1. The third kappa shape index (κ3) is 1.25. The molecular weight excluding hydrogens is 188 g/mol. The largest absolute Gasteiger partial charge is 0.503 e. The van der Waals surface area contributed by atoms with Crippen LogP contribution in [0.1, 0.15) is 0 Å². The van der Waals surface area contributed by atoms with Crippen molar-refractivity contribution in [3.05, 3.63) is 42.1 Å². The van der Waals surface area contributed by atoms with Crippen molar-refractivity contribution in [2.75, 3.05) is 0 Å². The highest BCUT2D eigenvalue weighted by molar-refractivity contribution is 5.62. The zero-order chi connectivity index (χ0) is 10.1. The normalized spacial score (nSPS) is 10.4. The van der Waals surface area contributed by atoms with E-state index >= 15 is 0 Å². The molecule has 0 saturated carbocycles. The molecule has 1 aromatic carbocycles. The average molecular weight is 195 g/mol. The number of rotatable bonds is 1. The summed E-state index contributed by atoms with van der Waals surface area (Å²) in [5.74, 6) is -2.86. The Hall–Kier alpha value is -1.84. The predicted octanol–water partition coefficient (Wildman–Crippen LogP) is 2.67. The van der Waals surface area contributed by atoms with Crippen LogP contribution in [0.4, 0.5) is 8.78 Å². The SMILES string of the molecule is Oc1c(F)ccc(-c2ccc[nH]2)c1F. The van der Waals surface area contributed by atoms with Crippen LogP contribution in [0.5, 0.6) is 5.75 Å². The van der Waals surface area contributed by atoms with E-state index in [-0.39, 0.29) is 5.56 Å². The monoisotopic (exact) mass is 195 g/mol. The second-order valence-electron chi connectivity index (χ2n) is 2.84. The van der Waals surface area contributed by atoms with Gasteiger partial charge in [0.05, 0.1) is 0 Å². The Morgan fingerprint density at radius 3 is 2.57 bits per heavy atom. The second kappa shape index (κ2) is 3.14. The van der Waals surface area contributed by atoms with E-state index in [4.69, 9.17) is 5.11 Å². The maximum absolute atomic E-state index is 13.3. The first kappa shape index (κ1) is 8.74. The van der Waals surface area contributed by atoms with Crippen LogP contribution in [0.3, 0.4) is 0 Å². The highest BCUT2D eigenvalue weighted by Gasteiger charge is 2.13. The third-order valence-electron chi connectivity index (χ3n) is 1.96. The molecule has 0 amide bonds. The minimum atomic E-state index is -0.960. The summed E-state index contributed by atoms with van der Waals surface area (Å²) in [5, 5.41) is 9.02. The fourth-order valence-corrected chi connectivity index (χ4v) is 1.25. The summed E-state index contributed by atoms with van der Waals surface area (Å²) in [5.41, 5.74) is 0.645. The van der Waals surface area contributed by atoms with E-state index < -0.39 is 17.4 Å². The smallest absolute Gasteiger partial charge is 0.188 e. The Morgan fingerprint density at radius 2 is 1.93 bits per heavy atom. The zero-order valence-corrected chi connectivity index (χ0v) is 7.09. The lowest BCUT2D eigenvalue weighted by atomic mass is 10.1. The first-order valence-corrected chi connectivity index (χ1v) is 4.01. The van der Waals surface area contributed by atoms with Crippen LogP contribution in [0.2, 0.25) is 0 Å². The number of benzene rings is 1. The Morgan fingerprint density at radius 1 is 1.14 bits per heavy atom. The molecule has 0 aliphatic carbocycles. The van der Waals surface area contributed by atoms with Gasteiger partial charge in [0.25, 0.3) is 0 Å². The van der Waals surface area contributed by atoms with Crippen molar-refractivity contribution in [3.8, 4) is 17.0 Å². The van der Waals surface area contributed by atoms with E-state index in [1.165, 1.54) is 6.07 Å². The van der Waals surface area contributed by atoms with Crippen LogP contribution >= 0.6 is 0 Å². The minimum absolute atomic E-state index is 0.147. The van der Waals surface area contributed by atoms with E-state index in [0.29, 0.717) is 5.69 Å². The van der Waals surface area contributed by atoms with Crippen LogP contribution < -0.4 is 0 Å². The molecule has 2 nitrogen and oxygen atoms in total. The first-order valence-electron chi connectivity index (χ1n) is 4.01. The van der Waals surface area contributed by atoms with Gasteiger partial charge in [-0.05, 0) is 24.3 Å². The summed E-state index contributed by atoms with van der Waals surface area (Å²) in [7, 11) is 0. The van der Waals surface area contributed by atoms with Crippen LogP contribution in [0.25, 0.3) is 11.3 Å². The van der Waals surface area contributed by atoms with Gasteiger partial charge in [0, 0.05) is 17.5 Å². The minimum Gasteiger partial charge on any atom is -0.503 e. The van der Waals surface area contributed by atoms with E-state index in [9.17, 15) is 8.78 Å². The van der Waals surface area contributed by atoms with Gasteiger partial charge in [0.2, 0.25) is 0 Å². The Labute approximate surface area is 78.8 Å². The topological polar surface area (TPSA) is 36.0 Å². The maximum atomic E-state index is 13.3. The summed E-state index contributed by atoms with van der Waals surface area (Å²) in [6.07, 6.45) is 1.62. The average Bonchev–Trinajstić information content (AvgIpc) is 2.67. The van der Waals surface area contributed by atoms with Gasteiger partial charge in [-0.25, -0.2) is 8.78 Å². The molecule has 2 aromatic rings. The second-order valence-corrected chi connectivity index (χ2v) is 2.84. The highest BCUT2D eigenvalue weighted by atomic mass is 19.1. The van der Waals surface area contributed by atoms with Gasteiger partial charge in [0.15, 0.2) is 17.4 Å². The first-order chi connectivity index (χ1) is 6.70. The zero-order valence-electron chi connectivity index (χ0n) is 7.09. The van der Waals surface area contributed by atoms with Crippen molar-refractivity contribution in [1.29, 1.82) is 0 Å². The molecule has 0 bridgehead atoms. The Kier molecular flexibility index (Phi) is 1.96. The maximum Gasteiger partial charge on any atom is 0.188 e. The molecule has 0 radical (unpaired) electrons. The number of phenols is 1. The summed E-state index contributed by atoms with van der Waals surface area (Å²) in [6, 6.07) is 5.62. The molecule has 72 valence electrons. The Bertz CT molecular complexity index is 451. The highest BCUT2D eigenvalue weighted by Crippen LogP contribution is 2.29. The van der Waals surface area contributed by atoms with Crippen molar-refractivity contribution in [3.63, 3.8) is 0 Å². The molecule has 1 heterocycles. The fraction of sp³-hybridized carbons (Fsp3) is 0. The van der Waals surface area contributed by atoms with Crippen LogP contribution in [-0.2, 0) is 0 Å². The summed E-state index contributed by atoms with van der Waals surface area (Å²) in [4.78, 5) is 2.77. The molecule has 14 heavy (non-hydrogen) atoms. The molecule has 0 aliphatic rings. The summed E-state index contributed by atoms with van der Waals surface area (Å²) >= 11 is 0.